The molecule has 6 heteroatoms. The van der Waals surface area contributed by atoms with Crippen LogP contribution in [0.15, 0.2) is 0 Å². The van der Waals surface area contributed by atoms with Gasteiger partial charge in [0.25, 0.3) is 0 Å². The average molecular weight is 310 g/mol. The SMILES string of the molecule is O=C(CCCCC(=O)OC1CCC2OC12)OC1CCC2OC12. The van der Waals surface area contributed by atoms with Gasteiger partial charge in [-0.25, -0.2) is 0 Å². The number of carbonyl (C=O) groups is 2. The van der Waals surface area contributed by atoms with Gasteiger partial charge >= 0.3 is 11.9 Å². The third-order valence-corrected chi connectivity index (χ3v) is 5.03. The van der Waals surface area contributed by atoms with Crippen molar-refractivity contribution in [3.8, 4) is 0 Å². The zero-order valence-corrected chi connectivity index (χ0v) is 12.6. The van der Waals surface area contributed by atoms with Crippen LogP contribution in [0, 0.1) is 0 Å². The second kappa shape index (κ2) is 5.81. The van der Waals surface area contributed by atoms with Crippen molar-refractivity contribution in [3.05, 3.63) is 0 Å². The summed E-state index contributed by atoms with van der Waals surface area (Å²) in [6.07, 6.45) is 6.74. The maximum Gasteiger partial charge on any atom is 0.306 e. The molecule has 0 amide bonds. The number of ether oxygens (including phenoxy) is 4. The van der Waals surface area contributed by atoms with E-state index >= 15 is 0 Å². The summed E-state index contributed by atoms with van der Waals surface area (Å²) in [5.74, 6) is -0.362. The van der Waals surface area contributed by atoms with Crippen molar-refractivity contribution in [2.75, 3.05) is 0 Å². The highest BCUT2D eigenvalue weighted by atomic mass is 16.6. The minimum absolute atomic E-state index is 0.0451. The van der Waals surface area contributed by atoms with Gasteiger partial charge in [-0.1, -0.05) is 0 Å². The van der Waals surface area contributed by atoms with E-state index in [1.807, 2.05) is 0 Å². The van der Waals surface area contributed by atoms with Crippen LogP contribution in [0.3, 0.4) is 0 Å². The van der Waals surface area contributed by atoms with Crippen LogP contribution in [-0.2, 0) is 28.5 Å². The highest BCUT2D eigenvalue weighted by Gasteiger charge is 2.52. The van der Waals surface area contributed by atoms with Crippen molar-refractivity contribution in [2.45, 2.75) is 88.0 Å². The van der Waals surface area contributed by atoms with Crippen LogP contribution < -0.4 is 0 Å². The summed E-state index contributed by atoms with van der Waals surface area (Å²) < 4.78 is 21.5. The molecule has 0 spiro atoms. The van der Waals surface area contributed by atoms with Crippen molar-refractivity contribution in [2.24, 2.45) is 0 Å². The van der Waals surface area contributed by atoms with Crippen molar-refractivity contribution in [3.63, 3.8) is 0 Å². The molecule has 0 aromatic carbocycles. The molecule has 0 bridgehead atoms. The molecular formula is C16H22O6. The number of carbonyl (C=O) groups excluding carboxylic acids is 2. The molecule has 6 nitrogen and oxygen atoms in total. The average Bonchev–Trinajstić information content (AvgIpc) is 3.38. The van der Waals surface area contributed by atoms with E-state index < -0.39 is 0 Å². The van der Waals surface area contributed by atoms with E-state index in [0.29, 0.717) is 37.9 Å². The van der Waals surface area contributed by atoms with E-state index in [0.717, 1.165) is 25.7 Å². The summed E-state index contributed by atoms with van der Waals surface area (Å²) >= 11 is 0. The van der Waals surface area contributed by atoms with Crippen molar-refractivity contribution >= 4 is 11.9 Å². The molecule has 2 saturated heterocycles. The zero-order valence-electron chi connectivity index (χ0n) is 12.6. The summed E-state index contributed by atoms with van der Waals surface area (Å²) in [7, 11) is 0. The molecule has 122 valence electrons. The number of rotatable bonds is 7. The normalized spacial score (nSPS) is 40.7. The predicted molar refractivity (Wildman–Crippen MR) is 74.0 cm³/mol. The van der Waals surface area contributed by atoms with Gasteiger partial charge in [-0.3, -0.25) is 9.59 Å². The number of unbranched alkanes of at least 4 members (excludes halogenated alkanes) is 1. The second-order valence-corrected chi connectivity index (χ2v) is 6.70. The largest absolute Gasteiger partial charge is 0.459 e. The topological polar surface area (TPSA) is 77.7 Å². The van der Waals surface area contributed by atoms with Crippen LogP contribution in [0.1, 0.15) is 51.4 Å². The Kier molecular flexibility index (Phi) is 3.82. The number of epoxide rings is 2. The number of hydrogen-bond acceptors (Lipinski definition) is 6. The Bertz CT molecular complexity index is 422. The fourth-order valence-corrected chi connectivity index (χ4v) is 3.66. The van der Waals surface area contributed by atoms with Gasteiger partial charge < -0.3 is 18.9 Å². The summed E-state index contributed by atoms with van der Waals surface area (Å²) in [5, 5.41) is 0. The van der Waals surface area contributed by atoms with Gasteiger partial charge in [0.05, 0.1) is 12.2 Å². The van der Waals surface area contributed by atoms with Crippen LogP contribution in [0.25, 0.3) is 0 Å². The fourth-order valence-electron chi connectivity index (χ4n) is 3.66. The van der Waals surface area contributed by atoms with Crippen LogP contribution in [-0.4, -0.2) is 48.6 Å². The first-order valence-electron chi connectivity index (χ1n) is 8.40. The number of fused-ring (bicyclic) bond motifs is 2. The monoisotopic (exact) mass is 310 g/mol. The first kappa shape index (κ1) is 14.5. The van der Waals surface area contributed by atoms with E-state index in [-0.39, 0.29) is 36.4 Å². The third-order valence-electron chi connectivity index (χ3n) is 5.03. The minimum Gasteiger partial charge on any atom is -0.459 e. The van der Waals surface area contributed by atoms with Crippen molar-refractivity contribution in [1.29, 1.82) is 0 Å². The maximum absolute atomic E-state index is 11.7. The molecule has 2 heterocycles. The van der Waals surface area contributed by atoms with E-state index in [1.54, 1.807) is 0 Å². The summed E-state index contributed by atoms with van der Waals surface area (Å²) in [6.45, 7) is 0. The summed E-state index contributed by atoms with van der Waals surface area (Å²) in [4.78, 5) is 23.4. The molecule has 0 aromatic rings. The molecule has 0 radical (unpaired) electrons. The highest BCUT2D eigenvalue weighted by Crippen LogP contribution is 2.41. The first-order chi connectivity index (χ1) is 10.7. The molecule has 0 N–H and O–H groups in total. The van der Waals surface area contributed by atoms with E-state index in [1.165, 1.54) is 0 Å². The van der Waals surface area contributed by atoms with Crippen LogP contribution in [0.2, 0.25) is 0 Å². The number of hydrogen-bond donors (Lipinski definition) is 0. The molecule has 0 aromatic heterocycles. The minimum atomic E-state index is -0.181. The lowest BCUT2D eigenvalue weighted by molar-refractivity contribution is -0.152. The molecule has 4 aliphatic rings. The zero-order chi connectivity index (χ0) is 15.1. The lowest BCUT2D eigenvalue weighted by Gasteiger charge is -2.13. The smallest absolute Gasteiger partial charge is 0.306 e. The maximum atomic E-state index is 11.7. The Morgan fingerprint density at radius 1 is 0.773 bits per heavy atom. The fraction of sp³-hybridized carbons (Fsp3) is 0.875. The van der Waals surface area contributed by atoms with Crippen LogP contribution in [0.4, 0.5) is 0 Å². The molecule has 4 rings (SSSR count). The van der Waals surface area contributed by atoms with Gasteiger partial charge in [0.15, 0.2) is 0 Å². The van der Waals surface area contributed by atoms with Gasteiger partial charge in [-0.15, -0.1) is 0 Å². The van der Waals surface area contributed by atoms with Crippen LogP contribution in [0.5, 0.6) is 0 Å². The molecule has 6 unspecified atom stereocenters. The van der Waals surface area contributed by atoms with Gasteiger partial charge in [0.2, 0.25) is 0 Å². The molecule has 2 saturated carbocycles. The van der Waals surface area contributed by atoms with E-state index in [9.17, 15) is 9.59 Å². The van der Waals surface area contributed by atoms with Gasteiger partial charge in [-0.2, -0.15) is 0 Å². The van der Waals surface area contributed by atoms with Crippen molar-refractivity contribution < 1.29 is 28.5 Å². The predicted octanol–water partition coefficient (Wildman–Crippen LogP) is 1.49. The molecule has 2 aliphatic heterocycles. The lowest BCUT2D eigenvalue weighted by Crippen LogP contribution is -2.21. The summed E-state index contributed by atoms with van der Waals surface area (Å²) in [5.41, 5.74) is 0. The Hall–Kier alpha value is -1.14. The van der Waals surface area contributed by atoms with E-state index in [2.05, 4.69) is 0 Å². The third kappa shape index (κ3) is 3.13. The Labute approximate surface area is 129 Å². The highest BCUT2D eigenvalue weighted by molar-refractivity contribution is 5.71. The Balaban J connectivity index is 1.06. The molecular weight excluding hydrogens is 288 g/mol. The molecule has 4 fully saturated rings. The van der Waals surface area contributed by atoms with Crippen LogP contribution >= 0.6 is 0 Å². The molecule has 6 atom stereocenters. The van der Waals surface area contributed by atoms with Gasteiger partial charge in [0.1, 0.15) is 24.4 Å². The van der Waals surface area contributed by atoms with E-state index in [4.69, 9.17) is 18.9 Å². The Morgan fingerprint density at radius 3 is 1.55 bits per heavy atom. The molecule has 2 aliphatic carbocycles. The van der Waals surface area contributed by atoms with Gasteiger partial charge in [-0.05, 0) is 38.5 Å². The standard InChI is InChI=1S/C16H22O6/c17-13(19-9-5-7-11-15(9)21-11)3-1-2-4-14(18)20-10-6-8-12-16(10)22-12/h9-12,15-16H,1-8H2. The van der Waals surface area contributed by atoms with Crippen molar-refractivity contribution in [1.82, 2.24) is 0 Å². The quantitative estimate of drug-likeness (QED) is 0.403. The summed E-state index contributed by atoms with van der Waals surface area (Å²) in [6, 6.07) is 0. The molecule has 22 heavy (non-hydrogen) atoms. The lowest BCUT2D eigenvalue weighted by atomic mass is 10.2. The first-order valence-corrected chi connectivity index (χ1v) is 8.40. The Morgan fingerprint density at radius 2 is 1.23 bits per heavy atom. The number of esters is 2. The second-order valence-electron chi connectivity index (χ2n) is 6.70. The van der Waals surface area contributed by atoms with Gasteiger partial charge in [0, 0.05) is 12.8 Å².